The smallest absolute Gasteiger partial charge is 0.222 e. The largest absolute Gasteiger partial charge is 0.346 e. The minimum atomic E-state index is 0.359. The quantitative estimate of drug-likeness (QED) is 0.815. The fourth-order valence-corrected chi connectivity index (χ4v) is 3.26. The van der Waals surface area contributed by atoms with Gasteiger partial charge in [0.05, 0.1) is 0 Å². The maximum Gasteiger partial charge on any atom is 0.222 e. The highest BCUT2D eigenvalue weighted by Crippen LogP contribution is 2.27. The van der Waals surface area contributed by atoms with E-state index < -0.39 is 0 Å². The summed E-state index contributed by atoms with van der Waals surface area (Å²) in [5.74, 6) is 1.03. The standard InChI is InChI=1S/C15H28N2O/c1-17(11-9-14-8-4-5-10-16-14)15(18)12-13-6-2-3-7-13/h13-14,16H,2-12H2,1H3. The van der Waals surface area contributed by atoms with E-state index in [2.05, 4.69) is 5.32 Å². The summed E-state index contributed by atoms with van der Waals surface area (Å²) in [6.45, 7) is 2.08. The van der Waals surface area contributed by atoms with Gasteiger partial charge >= 0.3 is 0 Å². The average Bonchev–Trinajstić information content (AvgIpc) is 2.90. The number of nitrogens with zero attached hydrogens (tertiary/aromatic N) is 1. The summed E-state index contributed by atoms with van der Waals surface area (Å²) in [5, 5.41) is 3.55. The molecule has 2 fully saturated rings. The van der Waals surface area contributed by atoms with Crippen LogP contribution in [0, 0.1) is 5.92 Å². The minimum Gasteiger partial charge on any atom is -0.346 e. The molecule has 2 aliphatic rings. The van der Waals surface area contributed by atoms with Gasteiger partial charge in [-0.3, -0.25) is 4.79 Å². The zero-order chi connectivity index (χ0) is 12.8. The van der Waals surface area contributed by atoms with E-state index in [1.54, 1.807) is 0 Å². The van der Waals surface area contributed by atoms with Crippen LogP contribution in [0.15, 0.2) is 0 Å². The van der Waals surface area contributed by atoms with Crippen molar-refractivity contribution in [2.45, 2.75) is 63.8 Å². The van der Waals surface area contributed by atoms with Crippen molar-refractivity contribution in [3.63, 3.8) is 0 Å². The van der Waals surface area contributed by atoms with Crippen LogP contribution in [0.5, 0.6) is 0 Å². The molecule has 0 bridgehead atoms. The van der Waals surface area contributed by atoms with Crippen molar-refractivity contribution in [3.05, 3.63) is 0 Å². The number of piperidine rings is 1. The van der Waals surface area contributed by atoms with Crippen LogP contribution in [0.3, 0.4) is 0 Å². The van der Waals surface area contributed by atoms with E-state index in [-0.39, 0.29) is 0 Å². The molecule has 1 atom stereocenters. The van der Waals surface area contributed by atoms with Gasteiger partial charge in [0.15, 0.2) is 0 Å². The molecular weight excluding hydrogens is 224 g/mol. The topological polar surface area (TPSA) is 32.3 Å². The van der Waals surface area contributed by atoms with E-state index in [4.69, 9.17) is 0 Å². The average molecular weight is 252 g/mol. The first-order chi connectivity index (χ1) is 8.75. The van der Waals surface area contributed by atoms with E-state index in [0.717, 1.165) is 25.9 Å². The molecule has 3 nitrogen and oxygen atoms in total. The van der Waals surface area contributed by atoms with Gasteiger partial charge in [0.1, 0.15) is 0 Å². The van der Waals surface area contributed by atoms with Gasteiger partial charge in [0.2, 0.25) is 5.91 Å². The van der Waals surface area contributed by atoms with Crippen molar-refractivity contribution in [3.8, 4) is 0 Å². The summed E-state index contributed by atoms with van der Waals surface area (Å²) in [5.41, 5.74) is 0. The highest BCUT2D eigenvalue weighted by atomic mass is 16.2. The first-order valence-corrected chi connectivity index (χ1v) is 7.73. The lowest BCUT2D eigenvalue weighted by Crippen LogP contribution is -2.38. The first-order valence-electron chi connectivity index (χ1n) is 7.73. The summed E-state index contributed by atoms with van der Waals surface area (Å²) < 4.78 is 0. The Morgan fingerprint density at radius 1 is 1.17 bits per heavy atom. The molecular formula is C15H28N2O. The molecule has 1 saturated carbocycles. The van der Waals surface area contributed by atoms with Crippen molar-refractivity contribution < 1.29 is 4.79 Å². The van der Waals surface area contributed by atoms with Crippen molar-refractivity contribution in [1.82, 2.24) is 10.2 Å². The number of rotatable bonds is 5. The molecule has 1 saturated heterocycles. The number of amides is 1. The Labute approximate surface area is 111 Å². The second kappa shape index (κ2) is 7.13. The SMILES string of the molecule is CN(CCC1CCCCN1)C(=O)CC1CCCC1. The van der Waals surface area contributed by atoms with Crippen LogP contribution in [-0.4, -0.2) is 37.0 Å². The number of nitrogens with one attached hydrogen (secondary N) is 1. The van der Waals surface area contributed by atoms with E-state index in [9.17, 15) is 4.79 Å². The van der Waals surface area contributed by atoms with E-state index >= 15 is 0 Å². The molecule has 2 rings (SSSR count). The van der Waals surface area contributed by atoms with Gasteiger partial charge in [-0.05, 0) is 44.6 Å². The Hall–Kier alpha value is -0.570. The molecule has 0 aromatic carbocycles. The third-order valence-electron chi connectivity index (χ3n) is 4.59. The summed E-state index contributed by atoms with van der Waals surface area (Å²) >= 11 is 0. The van der Waals surface area contributed by atoms with Crippen LogP contribution in [0.1, 0.15) is 57.8 Å². The second-order valence-electron chi connectivity index (χ2n) is 6.11. The third kappa shape index (κ3) is 4.27. The Morgan fingerprint density at radius 3 is 2.56 bits per heavy atom. The minimum absolute atomic E-state index is 0.359. The summed E-state index contributed by atoms with van der Waals surface area (Å²) in [7, 11) is 1.97. The second-order valence-corrected chi connectivity index (χ2v) is 6.11. The summed E-state index contributed by atoms with van der Waals surface area (Å²) in [6, 6.07) is 0.639. The molecule has 1 unspecified atom stereocenters. The van der Waals surface area contributed by atoms with Crippen molar-refractivity contribution in [2.24, 2.45) is 5.92 Å². The first kappa shape index (κ1) is 13.9. The van der Waals surface area contributed by atoms with Gasteiger partial charge in [-0.15, -0.1) is 0 Å². The van der Waals surface area contributed by atoms with Crippen LogP contribution < -0.4 is 5.32 Å². The Morgan fingerprint density at radius 2 is 1.89 bits per heavy atom. The zero-order valence-electron chi connectivity index (χ0n) is 11.8. The fraction of sp³-hybridized carbons (Fsp3) is 0.933. The van der Waals surface area contributed by atoms with Gasteiger partial charge in [0, 0.05) is 26.1 Å². The van der Waals surface area contributed by atoms with E-state index in [1.807, 2.05) is 11.9 Å². The normalized spacial score (nSPS) is 25.3. The predicted molar refractivity (Wildman–Crippen MR) is 74.5 cm³/mol. The Kier molecular flexibility index (Phi) is 5.48. The molecule has 1 aliphatic carbocycles. The predicted octanol–water partition coefficient (Wildman–Crippen LogP) is 2.56. The Balaban J connectivity index is 1.63. The molecule has 0 aromatic rings. The molecule has 18 heavy (non-hydrogen) atoms. The van der Waals surface area contributed by atoms with Gasteiger partial charge in [-0.25, -0.2) is 0 Å². The molecule has 0 radical (unpaired) electrons. The van der Waals surface area contributed by atoms with Crippen LogP contribution in [-0.2, 0) is 4.79 Å². The maximum atomic E-state index is 12.1. The highest BCUT2D eigenvalue weighted by Gasteiger charge is 2.21. The Bertz CT molecular complexity index is 255. The van der Waals surface area contributed by atoms with Crippen molar-refractivity contribution >= 4 is 5.91 Å². The highest BCUT2D eigenvalue weighted by molar-refractivity contribution is 5.76. The number of hydrogen-bond donors (Lipinski definition) is 1. The van der Waals surface area contributed by atoms with E-state index in [0.29, 0.717) is 17.9 Å². The third-order valence-corrected chi connectivity index (χ3v) is 4.59. The van der Waals surface area contributed by atoms with Gasteiger partial charge in [0.25, 0.3) is 0 Å². The molecule has 1 amide bonds. The van der Waals surface area contributed by atoms with Gasteiger partial charge < -0.3 is 10.2 Å². The lowest BCUT2D eigenvalue weighted by atomic mass is 10.0. The maximum absolute atomic E-state index is 12.1. The zero-order valence-corrected chi connectivity index (χ0v) is 11.8. The van der Waals surface area contributed by atoms with Gasteiger partial charge in [-0.1, -0.05) is 19.3 Å². The molecule has 104 valence electrons. The van der Waals surface area contributed by atoms with Crippen LogP contribution in [0.25, 0.3) is 0 Å². The monoisotopic (exact) mass is 252 g/mol. The molecule has 1 N–H and O–H groups in total. The van der Waals surface area contributed by atoms with Crippen LogP contribution >= 0.6 is 0 Å². The summed E-state index contributed by atoms with van der Waals surface area (Å²) in [6.07, 6.45) is 11.0. The van der Waals surface area contributed by atoms with Crippen LogP contribution in [0.4, 0.5) is 0 Å². The summed E-state index contributed by atoms with van der Waals surface area (Å²) in [4.78, 5) is 14.0. The van der Waals surface area contributed by atoms with Crippen molar-refractivity contribution in [1.29, 1.82) is 0 Å². The number of carbonyl (C=O) groups is 1. The lowest BCUT2D eigenvalue weighted by Gasteiger charge is -2.26. The fourth-order valence-electron chi connectivity index (χ4n) is 3.26. The number of hydrogen-bond acceptors (Lipinski definition) is 2. The van der Waals surface area contributed by atoms with Gasteiger partial charge in [-0.2, -0.15) is 0 Å². The van der Waals surface area contributed by atoms with Crippen LogP contribution in [0.2, 0.25) is 0 Å². The molecule has 3 heteroatoms. The molecule has 0 aromatic heterocycles. The lowest BCUT2D eigenvalue weighted by molar-refractivity contribution is -0.131. The molecule has 0 spiro atoms. The number of carbonyl (C=O) groups excluding carboxylic acids is 1. The molecule has 1 aliphatic heterocycles. The van der Waals surface area contributed by atoms with E-state index in [1.165, 1.54) is 44.9 Å². The molecule has 1 heterocycles. The van der Waals surface area contributed by atoms with Crippen molar-refractivity contribution in [2.75, 3.05) is 20.1 Å².